The van der Waals surface area contributed by atoms with Crippen molar-refractivity contribution in [1.29, 1.82) is 0 Å². The number of nitrogens with one attached hydrogen (secondary N) is 3. The molecule has 2 amide bonds. The number of H-pyrrole nitrogens is 1. The number of thiophene rings is 1. The van der Waals surface area contributed by atoms with Crippen LogP contribution in [0.2, 0.25) is 0 Å². The fourth-order valence-corrected chi connectivity index (χ4v) is 3.84. The van der Waals surface area contributed by atoms with Gasteiger partial charge in [0, 0.05) is 17.0 Å². The first kappa shape index (κ1) is 19.8. The molecule has 6 nitrogen and oxygen atoms in total. The van der Waals surface area contributed by atoms with Crippen molar-refractivity contribution in [3.05, 3.63) is 81.6 Å². The highest BCUT2D eigenvalue weighted by Gasteiger charge is 2.11. The summed E-state index contributed by atoms with van der Waals surface area (Å²) in [6.45, 7) is 1.79. The van der Waals surface area contributed by atoms with Gasteiger partial charge < -0.3 is 15.6 Å². The summed E-state index contributed by atoms with van der Waals surface area (Å²) in [5.74, 6) is -0.241. The second-order valence-corrected chi connectivity index (χ2v) is 8.11. The average molecular weight is 422 g/mol. The minimum Gasteiger partial charge on any atom is -0.342 e. The molecule has 0 saturated carbocycles. The topological polar surface area (TPSA) is 86.9 Å². The van der Waals surface area contributed by atoms with E-state index < -0.39 is 0 Å². The van der Waals surface area contributed by atoms with Crippen LogP contribution in [0.5, 0.6) is 0 Å². The normalized spacial score (nSPS) is 10.9. The molecule has 3 N–H and O–H groups in total. The molecule has 0 unspecified atom stereocenters. The van der Waals surface area contributed by atoms with Gasteiger partial charge in [-0.3, -0.25) is 9.59 Å². The summed E-state index contributed by atoms with van der Waals surface area (Å²) in [5.41, 5.74) is 2.59. The van der Waals surface area contributed by atoms with Crippen molar-refractivity contribution in [3.63, 3.8) is 0 Å². The van der Waals surface area contributed by atoms with E-state index in [1.165, 1.54) is 17.4 Å². The van der Waals surface area contributed by atoms with Gasteiger partial charge in [0.15, 0.2) is 0 Å². The van der Waals surface area contributed by atoms with Crippen LogP contribution in [0.4, 0.5) is 10.1 Å². The predicted octanol–water partition coefficient (Wildman–Crippen LogP) is 4.03. The molecule has 2 aromatic heterocycles. The van der Waals surface area contributed by atoms with Crippen molar-refractivity contribution in [2.24, 2.45) is 0 Å². The van der Waals surface area contributed by atoms with E-state index in [0.29, 0.717) is 28.4 Å². The predicted molar refractivity (Wildman–Crippen MR) is 115 cm³/mol. The zero-order valence-electron chi connectivity index (χ0n) is 16.2. The van der Waals surface area contributed by atoms with Gasteiger partial charge in [0.05, 0.1) is 22.5 Å². The first-order chi connectivity index (χ1) is 14.5. The van der Waals surface area contributed by atoms with Gasteiger partial charge in [-0.05, 0) is 48.9 Å². The Balaban J connectivity index is 1.39. The molecule has 4 aromatic rings. The minimum atomic E-state index is -0.331. The first-order valence-electron chi connectivity index (χ1n) is 9.34. The van der Waals surface area contributed by atoms with Crippen molar-refractivity contribution < 1.29 is 14.0 Å². The Hall–Kier alpha value is -3.52. The summed E-state index contributed by atoms with van der Waals surface area (Å²) in [6.07, 6.45) is 0.345. The molecule has 0 radical (unpaired) electrons. The molecule has 8 heteroatoms. The number of hydrogen-bond acceptors (Lipinski definition) is 4. The van der Waals surface area contributed by atoms with Crippen LogP contribution in [-0.2, 0) is 11.2 Å². The van der Waals surface area contributed by atoms with Crippen LogP contribution in [0.1, 0.15) is 25.9 Å². The maximum absolute atomic E-state index is 13.9. The molecule has 0 aliphatic carbocycles. The lowest BCUT2D eigenvalue weighted by atomic mass is 10.1. The molecule has 30 heavy (non-hydrogen) atoms. The van der Waals surface area contributed by atoms with E-state index in [-0.39, 0.29) is 24.2 Å². The lowest BCUT2D eigenvalue weighted by molar-refractivity contribution is -0.115. The number of hydrogen-bond donors (Lipinski definition) is 3. The maximum atomic E-state index is 13.9. The molecule has 0 spiro atoms. The minimum absolute atomic E-state index is 0.130. The van der Waals surface area contributed by atoms with Crippen LogP contribution in [0, 0.1) is 12.7 Å². The summed E-state index contributed by atoms with van der Waals surface area (Å²) in [4.78, 5) is 33.5. The number of aromatic amines is 1. The van der Waals surface area contributed by atoms with Gasteiger partial charge in [0.25, 0.3) is 5.91 Å². The highest BCUT2D eigenvalue weighted by molar-refractivity contribution is 7.13. The summed E-state index contributed by atoms with van der Waals surface area (Å²) < 4.78 is 13.9. The van der Waals surface area contributed by atoms with Crippen molar-refractivity contribution >= 4 is 39.9 Å². The standard InChI is InChI=1S/C22H19FN4O2S/c1-13-6-9-19(30-13)22(29)24-12-21(28)25-15-7-8-17-18(11-15)27-20(26-17)10-14-4-2-3-5-16(14)23/h2-9,11H,10,12H2,1H3,(H,24,29)(H,25,28)(H,26,27). The van der Waals surface area contributed by atoms with E-state index in [4.69, 9.17) is 0 Å². The average Bonchev–Trinajstić information content (AvgIpc) is 3.33. The molecule has 0 atom stereocenters. The second-order valence-electron chi connectivity index (χ2n) is 6.82. The highest BCUT2D eigenvalue weighted by Crippen LogP contribution is 2.19. The van der Waals surface area contributed by atoms with E-state index in [9.17, 15) is 14.0 Å². The Kier molecular flexibility index (Phi) is 5.58. The number of imidazole rings is 1. The number of amides is 2. The van der Waals surface area contributed by atoms with Crippen LogP contribution < -0.4 is 10.6 Å². The number of carbonyl (C=O) groups is 2. The van der Waals surface area contributed by atoms with E-state index >= 15 is 0 Å². The largest absolute Gasteiger partial charge is 0.342 e. The molecule has 0 aliphatic rings. The van der Waals surface area contributed by atoms with Crippen LogP contribution in [-0.4, -0.2) is 28.3 Å². The number of aryl methyl sites for hydroxylation is 1. The van der Waals surface area contributed by atoms with Gasteiger partial charge in [0.1, 0.15) is 11.6 Å². The number of nitrogens with zero attached hydrogens (tertiary/aromatic N) is 1. The number of aromatic nitrogens is 2. The van der Waals surface area contributed by atoms with Crippen LogP contribution in [0.15, 0.2) is 54.6 Å². The SMILES string of the molecule is Cc1ccc(C(=O)NCC(=O)Nc2ccc3nc(Cc4ccccc4F)[nH]c3c2)s1. The summed E-state index contributed by atoms with van der Waals surface area (Å²) in [7, 11) is 0. The molecule has 2 heterocycles. The molecule has 4 rings (SSSR count). The number of anilines is 1. The van der Waals surface area contributed by atoms with Crippen LogP contribution in [0.25, 0.3) is 11.0 Å². The van der Waals surface area contributed by atoms with Crippen molar-refractivity contribution in [1.82, 2.24) is 15.3 Å². The lowest BCUT2D eigenvalue weighted by Crippen LogP contribution is -2.32. The molecule has 0 bridgehead atoms. The smallest absolute Gasteiger partial charge is 0.261 e. The molecular formula is C22H19FN4O2S. The summed E-state index contributed by atoms with van der Waals surface area (Å²) >= 11 is 1.38. The molecule has 0 fully saturated rings. The zero-order valence-corrected chi connectivity index (χ0v) is 17.0. The Labute approximate surface area is 176 Å². The Morgan fingerprint density at radius 3 is 2.73 bits per heavy atom. The monoisotopic (exact) mass is 422 g/mol. The van der Waals surface area contributed by atoms with Gasteiger partial charge in [-0.25, -0.2) is 9.37 Å². The fraction of sp³-hybridized carbons (Fsp3) is 0.136. The van der Waals surface area contributed by atoms with Crippen LogP contribution >= 0.6 is 11.3 Å². The van der Waals surface area contributed by atoms with Crippen molar-refractivity contribution in [2.75, 3.05) is 11.9 Å². The van der Waals surface area contributed by atoms with Gasteiger partial charge in [0.2, 0.25) is 5.91 Å². The Morgan fingerprint density at radius 1 is 1.13 bits per heavy atom. The van der Waals surface area contributed by atoms with Crippen molar-refractivity contribution in [3.8, 4) is 0 Å². The second kappa shape index (κ2) is 8.46. The highest BCUT2D eigenvalue weighted by atomic mass is 32.1. The van der Waals surface area contributed by atoms with Crippen molar-refractivity contribution in [2.45, 2.75) is 13.3 Å². The number of fused-ring (bicyclic) bond motifs is 1. The van der Waals surface area contributed by atoms with E-state index in [1.54, 1.807) is 42.5 Å². The van der Waals surface area contributed by atoms with Gasteiger partial charge in [-0.1, -0.05) is 18.2 Å². The number of rotatable bonds is 6. The number of carbonyl (C=O) groups excluding carboxylic acids is 2. The fourth-order valence-electron chi connectivity index (χ4n) is 3.06. The molecule has 0 saturated heterocycles. The Morgan fingerprint density at radius 2 is 1.97 bits per heavy atom. The third-order valence-corrected chi connectivity index (χ3v) is 5.50. The molecular weight excluding hydrogens is 403 g/mol. The molecule has 152 valence electrons. The van der Waals surface area contributed by atoms with Gasteiger partial charge in [-0.2, -0.15) is 0 Å². The third-order valence-electron chi connectivity index (χ3n) is 4.50. The first-order valence-corrected chi connectivity index (χ1v) is 10.2. The zero-order chi connectivity index (χ0) is 21.1. The molecule has 2 aromatic carbocycles. The van der Waals surface area contributed by atoms with Gasteiger partial charge >= 0.3 is 0 Å². The van der Waals surface area contributed by atoms with E-state index in [1.807, 2.05) is 13.0 Å². The third kappa shape index (κ3) is 4.55. The number of halogens is 1. The number of benzene rings is 2. The Bertz CT molecular complexity index is 1230. The lowest BCUT2D eigenvalue weighted by Gasteiger charge is -2.06. The van der Waals surface area contributed by atoms with Gasteiger partial charge in [-0.15, -0.1) is 11.3 Å². The van der Waals surface area contributed by atoms with Crippen LogP contribution in [0.3, 0.4) is 0 Å². The summed E-state index contributed by atoms with van der Waals surface area (Å²) in [6, 6.07) is 15.4. The quantitative estimate of drug-likeness (QED) is 0.438. The summed E-state index contributed by atoms with van der Waals surface area (Å²) in [5, 5.41) is 5.37. The van der Waals surface area contributed by atoms with E-state index in [0.717, 1.165) is 15.9 Å². The maximum Gasteiger partial charge on any atom is 0.261 e. The molecule has 0 aliphatic heterocycles. The van der Waals surface area contributed by atoms with E-state index in [2.05, 4.69) is 20.6 Å².